The number of nitrogens with zero attached hydrogens (tertiary/aromatic N) is 1. The van der Waals surface area contributed by atoms with Crippen LogP contribution in [-0.2, 0) is 0 Å². The maximum Gasteiger partial charge on any atom is 0.272 e. The lowest BCUT2D eigenvalue weighted by Crippen LogP contribution is -2.12. The molecule has 0 aliphatic carbocycles. The van der Waals surface area contributed by atoms with Gasteiger partial charge in [-0.3, -0.25) is 9.78 Å². The van der Waals surface area contributed by atoms with Crippen molar-refractivity contribution < 1.29 is 4.79 Å². The number of pyridine rings is 1. The zero-order chi connectivity index (χ0) is 14.1. The lowest BCUT2D eigenvalue weighted by Gasteiger charge is -2.03. The Balaban J connectivity index is 1.91. The first kappa shape index (κ1) is 12.2. The number of H-pyrrole nitrogens is 1. The van der Waals surface area contributed by atoms with Crippen LogP contribution in [0.5, 0.6) is 0 Å². The van der Waals surface area contributed by atoms with E-state index in [1.54, 1.807) is 24.4 Å². The summed E-state index contributed by atoms with van der Waals surface area (Å²) < 4.78 is 0. The number of nitrogen functional groups attached to an aromatic ring is 1. The summed E-state index contributed by atoms with van der Waals surface area (Å²) in [4.78, 5) is 19.3. The predicted octanol–water partition coefficient (Wildman–Crippen LogP) is 2.71. The summed E-state index contributed by atoms with van der Waals surface area (Å²) >= 11 is 0. The molecule has 0 aliphatic rings. The molecular weight excluding hydrogens is 252 g/mol. The number of anilines is 2. The maximum atomic E-state index is 12.2. The average Bonchev–Trinajstić information content (AvgIpc) is 2.84. The third-order valence-electron chi connectivity index (χ3n) is 3.09. The smallest absolute Gasteiger partial charge is 0.272 e. The summed E-state index contributed by atoms with van der Waals surface area (Å²) in [5.74, 6) is -0.203. The van der Waals surface area contributed by atoms with Crippen LogP contribution in [0.15, 0.2) is 42.6 Å². The summed E-state index contributed by atoms with van der Waals surface area (Å²) in [6.45, 7) is 1.87. The van der Waals surface area contributed by atoms with Crippen molar-refractivity contribution in [2.75, 3.05) is 11.1 Å². The highest BCUT2D eigenvalue weighted by Gasteiger charge is 2.11. The minimum atomic E-state index is -0.203. The van der Waals surface area contributed by atoms with Crippen LogP contribution < -0.4 is 11.1 Å². The molecule has 0 spiro atoms. The molecule has 0 unspecified atom stereocenters. The Morgan fingerprint density at radius 1 is 1.30 bits per heavy atom. The molecule has 2 heterocycles. The highest BCUT2D eigenvalue weighted by Crippen LogP contribution is 2.21. The van der Waals surface area contributed by atoms with Crippen LogP contribution >= 0.6 is 0 Å². The molecule has 3 aromatic rings. The molecule has 0 aliphatic heterocycles. The molecule has 2 aromatic heterocycles. The van der Waals surface area contributed by atoms with Crippen LogP contribution in [0.3, 0.4) is 0 Å². The number of hydrogen-bond acceptors (Lipinski definition) is 3. The van der Waals surface area contributed by atoms with E-state index in [9.17, 15) is 4.79 Å². The minimum absolute atomic E-state index is 0.203. The second-order valence-corrected chi connectivity index (χ2v) is 4.63. The van der Waals surface area contributed by atoms with Gasteiger partial charge >= 0.3 is 0 Å². The van der Waals surface area contributed by atoms with E-state index in [1.165, 1.54) is 0 Å². The average molecular weight is 266 g/mol. The monoisotopic (exact) mass is 266 g/mol. The van der Waals surface area contributed by atoms with Crippen LogP contribution in [-0.4, -0.2) is 15.9 Å². The molecule has 0 radical (unpaired) electrons. The van der Waals surface area contributed by atoms with Gasteiger partial charge in [0.05, 0.1) is 11.2 Å². The number of aromatic nitrogens is 2. The number of hydrogen-bond donors (Lipinski definition) is 3. The fourth-order valence-electron chi connectivity index (χ4n) is 2.12. The van der Waals surface area contributed by atoms with Gasteiger partial charge in [-0.2, -0.15) is 0 Å². The Labute approximate surface area is 115 Å². The maximum absolute atomic E-state index is 12.2. The van der Waals surface area contributed by atoms with Crippen molar-refractivity contribution in [1.82, 2.24) is 9.97 Å². The van der Waals surface area contributed by atoms with E-state index < -0.39 is 0 Å². The summed E-state index contributed by atoms with van der Waals surface area (Å²) in [6, 6.07) is 10.9. The van der Waals surface area contributed by atoms with E-state index in [0.29, 0.717) is 17.1 Å². The highest BCUT2D eigenvalue weighted by atomic mass is 16.1. The Bertz CT molecular complexity index is 791. The molecule has 0 bridgehead atoms. The first-order valence-corrected chi connectivity index (χ1v) is 6.25. The second-order valence-electron chi connectivity index (χ2n) is 4.63. The second kappa shape index (κ2) is 4.70. The topological polar surface area (TPSA) is 83.8 Å². The van der Waals surface area contributed by atoms with E-state index in [0.717, 1.165) is 16.6 Å². The van der Waals surface area contributed by atoms with Gasteiger partial charge < -0.3 is 16.0 Å². The summed E-state index contributed by atoms with van der Waals surface area (Å²) in [5.41, 5.74) is 9.32. The lowest BCUT2D eigenvalue weighted by atomic mass is 10.2. The van der Waals surface area contributed by atoms with Gasteiger partial charge in [0.25, 0.3) is 5.91 Å². The zero-order valence-corrected chi connectivity index (χ0v) is 11.0. The number of nitrogens with one attached hydrogen (secondary N) is 2. The molecule has 4 N–H and O–H groups in total. The third kappa shape index (κ3) is 2.21. The molecule has 1 amide bonds. The molecule has 0 fully saturated rings. The number of nitrogens with two attached hydrogens (primary N) is 1. The number of carbonyl (C=O) groups is 1. The third-order valence-corrected chi connectivity index (χ3v) is 3.09. The fraction of sp³-hybridized carbons (Fsp3) is 0.0667. The number of carbonyl (C=O) groups excluding carboxylic acids is 1. The molecule has 5 heteroatoms. The van der Waals surface area contributed by atoms with E-state index in [4.69, 9.17) is 5.73 Å². The van der Waals surface area contributed by atoms with E-state index in [2.05, 4.69) is 15.3 Å². The van der Waals surface area contributed by atoms with Crippen LogP contribution in [0.4, 0.5) is 11.4 Å². The number of amides is 1. The van der Waals surface area contributed by atoms with Crippen LogP contribution in [0.25, 0.3) is 10.9 Å². The van der Waals surface area contributed by atoms with E-state index >= 15 is 0 Å². The van der Waals surface area contributed by atoms with Crippen molar-refractivity contribution in [3.8, 4) is 0 Å². The zero-order valence-electron chi connectivity index (χ0n) is 11.0. The van der Waals surface area contributed by atoms with Gasteiger partial charge in [-0.15, -0.1) is 0 Å². The van der Waals surface area contributed by atoms with E-state index in [-0.39, 0.29) is 5.91 Å². The molecule has 0 atom stereocenters. The van der Waals surface area contributed by atoms with Crippen molar-refractivity contribution in [2.45, 2.75) is 6.92 Å². The Hall–Kier alpha value is -2.82. The number of aryl methyl sites for hydroxylation is 1. The largest absolute Gasteiger partial charge is 0.397 e. The quantitative estimate of drug-likeness (QED) is 0.623. The molecular formula is C15H14N4O. The SMILES string of the molecule is Cc1cc(NC(=O)c2cc3cccc(N)c3[nH]2)ccn1. The van der Waals surface area contributed by atoms with Crippen LogP contribution in [0.1, 0.15) is 16.2 Å². The van der Waals surface area contributed by atoms with Crippen LogP contribution in [0, 0.1) is 6.92 Å². The normalized spacial score (nSPS) is 10.7. The predicted molar refractivity (Wildman–Crippen MR) is 79.6 cm³/mol. The Morgan fingerprint density at radius 2 is 2.15 bits per heavy atom. The number of para-hydroxylation sites is 1. The first-order chi connectivity index (χ1) is 9.63. The van der Waals surface area contributed by atoms with Gasteiger partial charge in [-0.25, -0.2) is 0 Å². The van der Waals surface area contributed by atoms with Gasteiger partial charge in [0.2, 0.25) is 0 Å². The number of fused-ring (bicyclic) bond motifs is 1. The number of rotatable bonds is 2. The minimum Gasteiger partial charge on any atom is -0.397 e. The lowest BCUT2D eigenvalue weighted by molar-refractivity contribution is 0.102. The molecule has 3 rings (SSSR count). The summed E-state index contributed by atoms with van der Waals surface area (Å²) in [7, 11) is 0. The van der Waals surface area contributed by atoms with Crippen molar-refractivity contribution in [2.24, 2.45) is 0 Å². The Morgan fingerprint density at radius 3 is 2.90 bits per heavy atom. The number of aromatic amines is 1. The fourth-order valence-corrected chi connectivity index (χ4v) is 2.12. The summed E-state index contributed by atoms with van der Waals surface area (Å²) in [5, 5.41) is 3.75. The van der Waals surface area contributed by atoms with Crippen molar-refractivity contribution in [1.29, 1.82) is 0 Å². The summed E-state index contributed by atoms with van der Waals surface area (Å²) in [6.07, 6.45) is 1.66. The Kier molecular flexibility index (Phi) is 2.87. The van der Waals surface area contributed by atoms with Gasteiger partial charge in [0.15, 0.2) is 0 Å². The van der Waals surface area contributed by atoms with Gasteiger partial charge in [0, 0.05) is 23.0 Å². The molecule has 1 aromatic carbocycles. The standard InChI is InChI=1S/C15H14N4O/c1-9-7-11(5-6-17-9)18-15(20)13-8-10-3-2-4-12(16)14(10)19-13/h2-8,19H,16H2,1H3,(H,17,18,20). The highest BCUT2D eigenvalue weighted by molar-refractivity contribution is 6.07. The molecule has 100 valence electrons. The first-order valence-electron chi connectivity index (χ1n) is 6.25. The number of benzene rings is 1. The molecule has 0 saturated carbocycles. The van der Waals surface area contributed by atoms with Gasteiger partial charge in [0.1, 0.15) is 5.69 Å². The van der Waals surface area contributed by atoms with Crippen molar-refractivity contribution >= 4 is 28.2 Å². The van der Waals surface area contributed by atoms with Gasteiger partial charge in [-0.05, 0) is 31.2 Å². The van der Waals surface area contributed by atoms with Crippen molar-refractivity contribution in [3.63, 3.8) is 0 Å². The van der Waals surface area contributed by atoms with E-state index in [1.807, 2.05) is 25.1 Å². The van der Waals surface area contributed by atoms with Crippen molar-refractivity contribution in [3.05, 3.63) is 54.0 Å². The van der Waals surface area contributed by atoms with Gasteiger partial charge in [-0.1, -0.05) is 12.1 Å². The molecule has 0 saturated heterocycles. The molecule has 20 heavy (non-hydrogen) atoms. The molecule has 5 nitrogen and oxygen atoms in total. The van der Waals surface area contributed by atoms with Crippen LogP contribution in [0.2, 0.25) is 0 Å².